The summed E-state index contributed by atoms with van der Waals surface area (Å²) >= 11 is 0. The van der Waals surface area contributed by atoms with Crippen LogP contribution in [0.25, 0.3) is 11.0 Å². The highest BCUT2D eigenvalue weighted by molar-refractivity contribution is 5.90. The van der Waals surface area contributed by atoms with Gasteiger partial charge < -0.3 is 15.4 Å². The van der Waals surface area contributed by atoms with E-state index in [1.165, 1.54) is 18.4 Å². The SMILES string of the molecule is CCc1c[nH]c2ncnc(NC3CCCC3CCO)c12. The van der Waals surface area contributed by atoms with Gasteiger partial charge in [-0.25, -0.2) is 9.97 Å². The first-order chi connectivity index (χ1) is 9.83. The highest BCUT2D eigenvalue weighted by Crippen LogP contribution is 2.32. The van der Waals surface area contributed by atoms with Crippen LogP contribution < -0.4 is 5.32 Å². The van der Waals surface area contributed by atoms with Gasteiger partial charge in [-0.15, -0.1) is 0 Å². The maximum Gasteiger partial charge on any atom is 0.143 e. The molecule has 3 rings (SSSR count). The maximum atomic E-state index is 9.17. The number of aryl methyl sites for hydroxylation is 1. The summed E-state index contributed by atoms with van der Waals surface area (Å²) in [6.45, 7) is 2.41. The summed E-state index contributed by atoms with van der Waals surface area (Å²) in [5, 5.41) is 13.9. The molecule has 0 bridgehead atoms. The van der Waals surface area contributed by atoms with Gasteiger partial charge in [0.1, 0.15) is 17.8 Å². The maximum absolute atomic E-state index is 9.17. The molecule has 0 radical (unpaired) electrons. The minimum absolute atomic E-state index is 0.270. The molecule has 3 N–H and O–H groups in total. The lowest BCUT2D eigenvalue weighted by Crippen LogP contribution is -2.25. The standard InChI is InChI=1S/C15H22N4O/c1-2-10-8-16-14-13(10)15(18-9-17-14)19-12-5-3-4-11(12)6-7-20/h8-9,11-12,20H,2-7H2,1H3,(H2,16,17,18,19). The Bertz CT molecular complexity index is 580. The third kappa shape index (κ3) is 2.38. The van der Waals surface area contributed by atoms with Gasteiger partial charge in [0.05, 0.1) is 5.39 Å². The predicted molar refractivity (Wildman–Crippen MR) is 79.7 cm³/mol. The number of fused-ring (bicyclic) bond motifs is 1. The quantitative estimate of drug-likeness (QED) is 0.783. The molecule has 0 aliphatic heterocycles. The molecule has 1 saturated carbocycles. The van der Waals surface area contributed by atoms with Crippen LogP contribution in [0.15, 0.2) is 12.5 Å². The number of aromatic amines is 1. The fourth-order valence-electron chi connectivity index (χ4n) is 3.33. The number of nitrogens with zero attached hydrogens (tertiary/aromatic N) is 2. The summed E-state index contributed by atoms with van der Waals surface area (Å²) in [4.78, 5) is 11.9. The second-order valence-corrected chi connectivity index (χ2v) is 5.57. The molecule has 5 nitrogen and oxygen atoms in total. The number of H-pyrrole nitrogens is 1. The molecule has 2 atom stereocenters. The van der Waals surface area contributed by atoms with Crippen LogP contribution in [0.1, 0.15) is 38.2 Å². The van der Waals surface area contributed by atoms with Crippen molar-refractivity contribution in [2.45, 2.75) is 45.1 Å². The third-order valence-electron chi connectivity index (χ3n) is 4.41. The Kier molecular flexibility index (Phi) is 3.87. The molecule has 2 aromatic rings. The van der Waals surface area contributed by atoms with Crippen LogP contribution in [0.3, 0.4) is 0 Å². The van der Waals surface area contributed by atoms with E-state index in [-0.39, 0.29) is 6.61 Å². The Labute approximate surface area is 118 Å². The molecular formula is C15H22N4O. The van der Waals surface area contributed by atoms with Crippen molar-refractivity contribution in [1.82, 2.24) is 15.0 Å². The molecule has 1 fully saturated rings. The van der Waals surface area contributed by atoms with Gasteiger partial charge in [-0.2, -0.15) is 0 Å². The highest BCUT2D eigenvalue weighted by atomic mass is 16.3. The minimum atomic E-state index is 0.270. The van der Waals surface area contributed by atoms with Gasteiger partial charge in [0.2, 0.25) is 0 Å². The van der Waals surface area contributed by atoms with Gasteiger partial charge in [-0.05, 0) is 37.2 Å². The van der Waals surface area contributed by atoms with Crippen LogP contribution in [-0.4, -0.2) is 32.7 Å². The lowest BCUT2D eigenvalue weighted by molar-refractivity contribution is 0.254. The van der Waals surface area contributed by atoms with Crippen molar-refractivity contribution >= 4 is 16.9 Å². The summed E-state index contributed by atoms with van der Waals surface area (Å²) in [5.41, 5.74) is 2.15. The molecule has 2 unspecified atom stereocenters. The Morgan fingerprint density at radius 2 is 2.30 bits per heavy atom. The zero-order valence-electron chi connectivity index (χ0n) is 11.9. The molecular weight excluding hydrogens is 252 g/mol. The fraction of sp³-hybridized carbons (Fsp3) is 0.600. The lowest BCUT2D eigenvalue weighted by atomic mass is 10.00. The van der Waals surface area contributed by atoms with Crippen molar-refractivity contribution < 1.29 is 5.11 Å². The molecule has 0 amide bonds. The van der Waals surface area contributed by atoms with Crippen LogP contribution in [0, 0.1) is 5.92 Å². The second-order valence-electron chi connectivity index (χ2n) is 5.57. The molecule has 1 aliphatic rings. The fourth-order valence-corrected chi connectivity index (χ4v) is 3.33. The number of hydrogen-bond acceptors (Lipinski definition) is 4. The second kappa shape index (κ2) is 5.79. The highest BCUT2D eigenvalue weighted by Gasteiger charge is 2.27. The number of aromatic nitrogens is 3. The largest absolute Gasteiger partial charge is 0.396 e. The van der Waals surface area contributed by atoms with E-state index >= 15 is 0 Å². The van der Waals surface area contributed by atoms with Gasteiger partial charge in [-0.1, -0.05) is 13.3 Å². The van der Waals surface area contributed by atoms with Crippen molar-refractivity contribution in [3.63, 3.8) is 0 Å². The van der Waals surface area contributed by atoms with E-state index in [1.807, 2.05) is 6.20 Å². The van der Waals surface area contributed by atoms with E-state index in [0.29, 0.717) is 12.0 Å². The van der Waals surface area contributed by atoms with E-state index in [9.17, 15) is 5.11 Å². The number of rotatable bonds is 5. The zero-order chi connectivity index (χ0) is 13.9. The summed E-state index contributed by atoms with van der Waals surface area (Å²) in [6, 6.07) is 0.417. The number of nitrogens with one attached hydrogen (secondary N) is 2. The summed E-state index contributed by atoms with van der Waals surface area (Å²) in [5.74, 6) is 1.48. The molecule has 5 heteroatoms. The van der Waals surface area contributed by atoms with Gasteiger partial charge in [0.25, 0.3) is 0 Å². The summed E-state index contributed by atoms with van der Waals surface area (Å²) in [7, 11) is 0. The van der Waals surface area contributed by atoms with Gasteiger partial charge in [-0.3, -0.25) is 0 Å². The molecule has 20 heavy (non-hydrogen) atoms. The molecule has 0 saturated heterocycles. The lowest BCUT2D eigenvalue weighted by Gasteiger charge is -2.21. The van der Waals surface area contributed by atoms with Gasteiger partial charge in [0.15, 0.2) is 0 Å². The smallest absolute Gasteiger partial charge is 0.143 e. The van der Waals surface area contributed by atoms with Crippen molar-refractivity contribution in [2.24, 2.45) is 5.92 Å². The molecule has 0 spiro atoms. The van der Waals surface area contributed by atoms with Crippen molar-refractivity contribution in [3.8, 4) is 0 Å². The molecule has 2 heterocycles. The Morgan fingerprint density at radius 3 is 3.10 bits per heavy atom. The summed E-state index contributed by atoms with van der Waals surface area (Å²) < 4.78 is 0. The third-order valence-corrected chi connectivity index (χ3v) is 4.41. The first kappa shape index (κ1) is 13.4. The van der Waals surface area contributed by atoms with E-state index in [2.05, 4.69) is 27.2 Å². The van der Waals surface area contributed by atoms with Crippen LogP contribution in [0.5, 0.6) is 0 Å². The van der Waals surface area contributed by atoms with Crippen molar-refractivity contribution in [1.29, 1.82) is 0 Å². The Hall–Kier alpha value is -1.62. The average molecular weight is 274 g/mol. The van der Waals surface area contributed by atoms with E-state index in [4.69, 9.17) is 0 Å². The van der Waals surface area contributed by atoms with E-state index in [1.54, 1.807) is 6.33 Å². The number of aliphatic hydroxyl groups excluding tert-OH is 1. The van der Waals surface area contributed by atoms with Gasteiger partial charge in [0, 0.05) is 18.8 Å². The number of anilines is 1. The van der Waals surface area contributed by atoms with Gasteiger partial charge >= 0.3 is 0 Å². The average Bonchev–Trinajstić information content (AvgIpc) is 3.07. The Balaban J connectivity index is 1.88. The molecule has 1 aliphatic carbocycles. The summed E-state index contributed by atoms with van der Waals surface area (Å²) in [6.07, 6.45) is 9.04. The van der Waals surface area contributed by atoms with Crippen molar-refractivity contribution in [2.75, 3.05) is 11.9 Å². The normalized spacial score (nSPS) is 22.5. The molecule has 0 aromatic carbocycles. The minimum Gasteiger partial charge on any atom is -0.396 e. The molecule has 108 valence electrons. The van der Waals surface area contributed by atoms with Crippen LogP contribution in [0.2, 0.25) is 0 Å². The predicted octanol–water partition coefficient (Wildman–Crippen LogP) is 2.48. The van der Waals surface area contributed by atoms with Crippen LogP contribution in [0.4, 0.5) is 5.82 Å². The number of hydrogen-bond donors (Lipinski definition) is 3. The number of aliphatic hydroxyl groups is 1. The first-order valence-electron chi connectivity index (χ1n) is 7.51. The van der Waals surface area contributed by atoms with E-state index in [0.717, 1.165) is 36.1 Å². The topological polar surface area (TPSA) is 73.8 Å². The Morgan fingerprint density at radius 1 is 1.40 bits per heavy atom. The first-order valence-corrected chi connectivity index (χ1v) is 7.51. The monoisotopic (exact) mass is 274 g/mol. The van der Waals surface area contributed by atoms with Crippen LogP contribution in [-0.2, 0) is 6.42 Å². The van der Waals surface area contributed by atoms with Crippen LogP contribution >= 0.6 is 0 Å². The molecule has 2 aromatic heterocycles. The van der Waals surface area contributed by atoms with E-state index < -0.39 is 0 Å². The zero-order valence-corrected chi connectivity index (χ0v) is 11.9. The van der Waals surface area contributed by atoms with Crippen molar-refractivity contribution in [3.05, 3.63) is 18.1 Å².